The van der Waals surface area contributed by atoms with Gasteiger partial charge in [-0.15, -0.1) is 0 Å². The van der Waals surface area contributed by atoms with Crippen LogP contribution in [0, 0.1) is 6.92 Å². The van der Waals surface area contributed by atoms with Gasteiger partial charge in [-0.25, -0.2) is 0 Å². The van der Waals surface area contributed by atoms with Crippen LogP contribution in [-0.4, -0.2) is 18.8 Å². The first-order valence-corrected chi connectivity index (χ1v) is 11.2. The van der Waals surface area contributed by atoms with E-state index < -0.39 is 5.60 Å². The van der Waals surface area contributed by atoms with Crippen molar-refractivity contribution >= 4 is 17.3 Å². The van der Waals surface area contributed by atoms with Gasteiger partial charge in [-0.2, -0.15) is 0 Å². The van der Waals surface area contributed by atoms with Crippen LogP contribution in [0.4, 0.5) is 5.69 Å². The maximum Gasteiger partial charge on any atom is 0.132 e. The number of ether oxygens (including phenoxy) is 3. The van der Waals surface area contributed by atoms with Crippen LogP contribution in [0.2, 0.25) is 5.02 Å². The number of benzene rings is 3. The molecule has 32 heavy (non-hydrogen) atoms. The molecule has 0 fully saturated rings. The number of anilines is 1. The quantitative estimate of drug-likeness (QED) is 0.433. The van der Waals surface area contributed by atoms with Crippen molar-refractivity contribution in [2.45, 2.75) is 51.7 Å². The minimum absolute atomic E-state index is 0.243. The van der Waals surface area contributed by atoms with Crippen LogP contribution < -0.4 is 10.1 Å². The monoisotopic (exact) mass is 451 g/mol. The van der Waals surface area contributed by atoms with Gasteiger partial charge in [0.15, 0.2) is 0 Å². The van der Waals surface area contributed by atoms with Crippen LogP contribution in [0.5, 0.6) is 5.75 Å². The average molecular weight is 452 g/mol. The lowest BCUT2D eigenvalue weighted by Gasteiger charge is -2.44. The van der Waals surface area contributed by atoms with Crippen molar-refractivity contribution in [3.05, 3.63) is 94.0 Å². The molecular weight excluding hydrogens is 422 g/mol. The van der Waals surface area contributed by atoms with Gasteiger partial charge in [0.2, 0.25) is 0 Å². The lowest BCUT2D eigenvalue weighted by atomic mass is 9.88. The van der Waals surface area contributed by atoms with E-state index in [9.17, 15) is 0 Å². The Balaban J connectivity index is 1.53. The Kier molecular flexibility index (Phi) is 6.75. The fourth-order valence-electron chi connectivity index (χ4n) is 4.10. The third-order valence-electron chi connectivity index (χ3n) is 5.84. The van der Waals surface area contributed by atoms with Crippen LogP contribution in [0.25, 0.3) is 0 Å². The minimum atomic E-state index is -0.534. The number of hydrogen-bond donors (Lipinski definition) is 1. The first kappa shape index (κ1) is 22.7. The van der Waals surface area contributed by atoms with Gasteiger partial charge in [-0.3, -0.25) is 0 Å². The molecule has 2 atom stereocenters. The second-order valence-corrected chi connectivity index (χ2v) is 9.25. The molecule has 5 heteroatoms. The molecule has 0 saturated heterocycles. The Morgan fingerprint density at radius 2 is 1.78 bits per heavy atom. The van der Waals surface area contributed by atoms with Crippen LogP contribution in [0.3, 0.4) is 0 Å². The zero-order valence-electron chi connectivity index (χ0n) is 19.0. The number of hydrogen-bond acceptors (Lipinski definition) is 4. The summed E-state index contributed by atoms with van der Waals surface area (Å²) in [4.78, 5) is 0. The normalized spacial score (nSPS) is 19.2. The second-order valence-electron chi connectivity index (χ2n) is 8.82. The SMILES string of the molecule is COC1c2cc(NCc3cccc(Cl)c3)ccc2OC(C)(C)C1OCc1ccc(C)cc1. The molecule has 0 bridgehead atoms. The van der Waals surface area contributed by atoms with Crippen LogP contribution in [0.15, 0.2) is 66.7 Å². The highest BCUT2D eigenvalue weighted by Gasteiger charge is 2.45. The van der Waals surface area contributed by atoms with Crippen molar-refractivity contribution in [3.8, 4) is 5.75 Å². The highest BCUT2D eigenvalue weighted by molar-refractivity contribution is 6.30. The lowest BCUT2D eigenvalue weighted by molar-refractivity contribution is -0.159. The van der Waals surface area contributed by atoms with E-state index in [1.54, 1.807) is 7.11 Å². The fourth-order valence-corrected chi connectivity index (χ4v) is 4.32. The van der Waals surface area contributed by atoms with Gasteiger partial charge in [0.1, 0.15) is 23.6 Å². The van der Waals surface area contributed by atoms with Gasteiger partial charge >= 0.3 is 0 Å². The summed E-state index contributed by atoms with van der Waals surface area (Å²) in [5.74, 6) is 0.824. The van der Waals surface area contributed by atoms with E-state index in [0.717, 1.165) is 33.1 Å². The summed E-state index contributed by atoms with van der Waals surface area (Å²) in [6, 6.07) is 22.4. The van der Waals surface area contributed by atoms with Crippen molar-refractivity contribution in [1.29, 1.82) is 0 Å². The van der Waals surface area contributed by atoms with E-state index in [4.69, 9.17) is 25.8 Å². The molecule has 0 radical (unpaired) electrons. The number of rotatable bonds is 7. The number of fused-ring (bicyclic) bond motifs is 1. The summed E-state index contributed by atoms with van der Waals surface area (Å²) < 4.78 is 18.7. The fraction of sp³-hybridized carbons (Fsp3) is 0.333. The van der Waals surface area contributed by atoms with Gasteiger partial charge in [0.05, 0.1) is 6.61 Å². The number of methoxy groups -OCH3 is 1. The Bertz CT molecular complexity index is 1060. The molecule has 0 amide bonds. The van der Waals surface area contributed by atoms with Gasteiger partial charge < -0.3 is 19.5 Å². The molecule has 0 aliphatic carbocycles. The highest BCUT2D eigenvalue weighted by atomic mass is 35.5. The van der Waals surface area contributed by atoms with Gasteiger partial charge in [0.25, 0.3) is 0 Å². The minimum Gasteiger partial charge on any atom is -0.485 e. The maximum absolute atomic E-state index is 6.38. The Labute approximate surface area is 195 Å². The Morgan fingerprint density at radius 3 is 2.50 bits per heavy atom. The summed E-state index contributed by atoms with van der Waals surface area (Å²) in [6.45, 7) is 7.36. The van der Waals surface area contributed by atoms with Crippen LogP contribution in [-0.2, 0) is 22.6 Å². The van der Waals surface area contributed by atoms with Crippen molar-refractivity contribution in [2.75, 3.05) is 12.4 Å². The van der Waals surface area contributed by atoms with Gasteiger partial charge in [0, 0.05) is 29.9 Å². The first-order valence-electron chi connectivity index (χ1n) is 10.9. The summed E-state index contributed by atoms with van der Waals surface area (Å²) in [5.41, 5.74) is 4.92. The molecule has 4 rings (SSSR count). The Hall–Kier alpha value is -2.53. The predicted octanol–water partition coefficient (Wildman–Crippen LogP) is 6.70. The molecule has 0 spiro atoms. The van der Waals surface area contributed by atoms with Crippen molar-refractivity contribution in [1.82, 2.24) is 0 Å². The molecular formula is C27H30ClNO3. The molecule has 3 aromatic rings. The summed E-state index contributed by atoms with van der Waals surface area (Å²) in [6.07, 6.45) is -0.503. The van der Waals surface area contributed by atoms with E-state index in [1.807, 2.05) is 44.2 Å². The largest absolute Gasteiger partial charge is 0.485 e. The second kappa shape index (κ2) is 9.53. The first-order chi connectivity index (χ1) is 15.4. The van der Waals surface area contributed by atoms with Gasteiger partial charge in [-0.1, -0.05) is 53.6 Å². The summed E-state index contributed by atoms with van der Waals surface area (Å²) >= 11 is 6.11. The van der Waals surface area contributed by atoms with E-state index in [0.29, 0.717) is 13.2 Å². The molecule has 1 aliphatic rings. The van der Waals surface area contributed by atoms with E-state index in [-0.39, 0.29) is 12.2 Å². The Morgan fingerprint density at radius 1 is 1.00 bits per heavy atom. The summed E-state index contributed by atoms with van der Waals surface area (Å²) in [5, 5.41) is 4.21. The van der Waals surface area contributed by atoms with Crippen molar-refractivity contribution in [3.63, 3.8) is 0 Å². The zero-order chi connectivity index (χ0) is 22.7. The van der Waals surface area contributed by atoms with Crippen LogP contribution in [0.1, 0.15) is 42.2 Å². The number of nitrogens with one attached hydrogen (secondary N) is 1. The average Bonchev–Trinajstić information content (AvgIpc) is 2.77. The molecule has 0 saturated carbocycles. The van der Waals surface area contributed by atoms with Crippen LogP contribution >= 0.6 is 11.6 Å². The smallest absolute Gasteiger partial charge is 0.132 e. The van der Waals surface area contributed by atoms with E-state index in [1.165, 1.54) is 5.56 Å². The molecule has 168 valence electrons. The summed E-state index contributed by atoms with van der Waals surface area (Å²) in [7, 11) is 1.73. The van der Waals surface area contributed by atoms with Gasteiger partial charge in [-0.05, 0) is 62.2 Å². The van der Waals surface area contributed by atoms with Crippen molar-refractivity contribution < 1.29 is 14.2 Å². The zero-order valence-corrected chi connectivity index (χ0v) is 19.8. The standard InChI is InChI=1S/C27H30ClNO3/c1-18-8-10-19(11-9-18)17-31-26-25(30-4)23-15-22(12-13-24(23)32-27(26,2)3)29-16-20-6-5-7-21(28)14-20/h5-15,25-26,29H,16-17H2,1-4H3. The molecule has 1 aliphatic heterocycles. The number of halogens is 1. The van der Waals surface area contributed by atoms with E-state index >= 15 is 0 Å². The molecule has 1 heterocycles. The topological polar surface area (TPSA) is 39.7 Å². The third kappa shape index (κ3) is 5.09. The molecule has 0 aromatic heterocycles. The van der Waals surface area contributed by atoms with E-state index in [2.05, 4.69) is 48.6 Å². The predicted molar refractivity (Wildman–Crippen MR) is 129 cm³/mol. The maximum atomic E-state index is 6.38. The molecule has 4 nitrogen and oxygen atoms in total. The van der Waals surface area contributed by atoms with Crippen molar-refractivity contribution in [2.24, 2.45) is 0 Å². The molecule has 1 N–H and O–H groups in total. The number of aryl methyl sites for hydroxylation is 1. The lowest BCUT2D eigenvalue weighted by Crippen LogP contribution is -2.50. The highest BCUT2D eigenvalue weighted by Crippen LogP contribution is 2.44. The molecule has 2 unspecified atom stereocenters. The molecule has 3 aromatic carbocycles. The third-order valence-corrected chi connectivity index (χ3v) is 6.07.